The monoisotopic (exact) mass is 186 g/mol. The van der Waals surface area contributed by atoms with Crippen LogP contribution in [0, 0.1) is 0 Å². The summed E-state index contributed by atoms with van der Waals surface area (Å²) in [6.45, 7) is 0. The first-order valence-electron chi connectivity index (χ1n) is 4.50. The maximum absolute atomic E-state index is 5.40. The van der Waals surface area contributed by atoms with Crippen LogP contribution in [0.2, 0.25) is 0 Å². The molecule has 0 radical (unpaired) electrons. The first-order chi connectivity index (χ1) is 6.92. The number of hydrazone groups is 1. The van der Waals surface area contributed by atoms with E-state index >= 15 is 0 Å². The molecule has 2 aliphatic rings. The van der Waals surface area contributed by atoms with Crippen LogP contribution in [0.1, 0.15) is 17.2 Å². The van der Waals surface area contributed by atoms with E-state index in [0.717, 1.165) is 16.8 Å². The molecule has 0 bridgehead atoms. The SMILES string of the molecule is NN=C1C2=CNNC2c2ccccc21. The molecule has 1 aromatic carbocycles. The minimum atomic E-state index is 0.202. The lowest BCUT2D eigenvalue weighted by molar-refractivity contribution is 0.609. The fourth-order valence-corrected chi connectivity index (χ4v) is 2.08. The van der Waals surface area contributed by atoms with E-state index in [1.807, 2.05) is 24.4 Å². The third kappa shape index (κ3) is 0.781. The molecule has 0 saturated heterocycles. The number of hydrazine groups is 1. The molecule has 4 heteroatoms. The average Bonchev–Trinajstić information content (AvgIpc) is 2.77. The Bertz CT molecular complexity index is 447. The Morgan fingerprint density at radius 3 is 3.00 bits per heavy atom. The summed E-state index contributed by atoms with van der Waals surface area (Å²) in [6, 6.07) is 8.36. The van der Waals surface area contributed by atoms with Gasteiger partial charge in [0.05, 0.1) is 11.8 Å². The number of hydrogen-bond donors (Lipinski definition) is 3. The highest BCUT2D eigenvalue weighted by Gasteiger charge is 2.34. The Morgan fingerprint density at radius 1 is 1.29 bits per heavy atom. The third-order valence-corrected chi connectivity index (χ3v) is 2.70. The predicted octanol–water partition coefficient (Wildman–Crippen LogP) is 0.396. The lowest BCUT2D eigenvalue weighted by atomic mass is 10.1. The summed E-state index contributed by atoms with van der Waals surface area (Å²) in [5, 5.41) is 3.84. The van der Waals surface area contributed by atoms with Crippen molar-refractivity contribution in [1.29, 1.82) is 0 Å². The molecule has 1 atom stereocenters. The number of nitrogens with zero attached hydrogens (tertiary/aromatic N) is 1. The number of nitrogens with one attached hydrogen (secondary N) is 2. The molecule has 1 aliphatic heterocycles. The summed E-state index contributed by atoms with van der Waals surface area (Å²) in [5.41, 5.74) is 10.5. The molecular weight excluding hydrogens is 176 g/mol. The summed E-state index contributed by atoms with van der Waals surface area (Å²) in [7, 11) is 0. The quantitative estimate of drug-likeness (QED) is 0.406. The molecule has 0 fully saturated rings. The highest BCUT2D eigenvalue weighted by atomic mass is 15.4. The number of hydrogen-bond acceptors (Lipinski definition) is 4. The number of nitrogens with two attached hydrogens (primary N) is 1. The van der Waals surface area contributed by atoms with Gasteiger partial charge in [-0.15, -0.1) is 0 Å². The van der Waals surface area contributed by atoms with Crippen LogP contribution in [0.4, 0.5) is 0 Å². The summed E-state index contributed by atoms with van der Waals surface area (Å²) in [4.78, 5) is 0. The van der Waals surface area contributed by atoms with Crippen LogP contribution in [0.25, 0.3) is 0 Å². The zero-order chi connectivity index (χ0) is 9.54. The van der Waals surface area contributed by atoms with Crippen molar-refractivity contribution in [3.8, 4) is 0 Å². The molecule has 1 aliphatic carbocycles. The molecule has 14 heavy (non-hydrogen) atoms. The molecule has 3 rings (SSSR count). The summed E-state index contributed by atoms with van der Waals surface area (Å²) >= 11 is 0. The van der Waals surface area contributed by atoms with Crippen LogP contribution in [0.3, 0.4) is 0 Å². The fourth-order valence-electron chi connectivity index (χ4n) is 2.08. The van der Waals surface area contributed by atoms with Crippen molar-refractivity contribution in [2.45, 2.75) is 6.04 Å². The second kappa shape index (κ2) is 2.59. The van der Waals surface area contributed by atoms with Gasteiger partial charge in [0.1, 0.15) is 0 Å². The van der Waals surface area contributed by atoms with Crippen LogP contribution >= 0.6 is 0 Å². The van der Waals surface area contributed by atoms with E-state index in [2.05, 4.69) is 22.0 Å². The fraction of sp³-hybridized carbons (Fsp3) is 0.100. The molecule has 70 valence electrons. The predicted molar refractivity (Wildman–Crippen MR) is 54.3 cm³/mol. The van der Waals surface area contributed by atoms with Crippen molar-refractivity contribution in [2.75, 3.05) is 0 Å². The first-order valence-corrected chi connectivity index (χ1v) is 4.50. The van der Waals surface area contributed by atoms with E-state index in [1.54, 1.807) is 0 Å². The molecule has 0 spiro atoms. The third-order valence-electron chi connectivity index (χ3n) is 2.70. The normalized spacial score (nSPS) is 25.6. The summed E-state index contributed by atoms with van der Waals surface area (Å²) < 4.78 is 0. The van der Waals surface area contributed by atoms with E-state index in [1.165, 1.54) is 5.56 Å². The zero-order valence-electron chi connectivity index (χ0n) is 7.49. The second-order valence-electron chi connectivity index (χ2n) is 3.39. The number of rotatable bonds is 0. The van der Waals surface area contributed by atoms with Gasteiger partial charge in [0.25, 0.3) is 0 Å². The van der Waals surface area contributed by atoms with Crippen LogP contribution in [-0.2, 0) is 0 Å². The summed E-state index contributed by atoms with van der Waals surface area (Å²) in [5.74, 6) is 5.40. The largest absolute Gasteiger partial charge is 0.327 e. The molecule has 1 heterocycles. The lowest BCUT2D eigenvalue weighted by Gasteiger charge is -2.06. The van der Waals surface area contributed by atoms with Crippen molar-refractivity contribution in [1.82, 2.24) is 10.9 Å². The van der Waals surface area contributed by atoms with Gasteiger partial charge >= 0.3 is 0 Å². The van der Waals surface area contributed by atoms with Gasteiger partial charge in [0, 0.05) is 17.3 Å². The summed E-state index contributed by atoms with van der Waals surface area (Å²) in [6.07, 6.45) is 1.91. The second-order valence-corrected chi connectivity index (χ2v) is 3.39. The van der Waals surface area contributed by atoms with E-state index in [-0.39, 0.29) is 6.04 Å². The molecule has 0 aromatic heterocycles. The van der Waals surface area contributed by atoms with E-state index < -0.39 is 0 Å². The molecule has 0 amide bonds. The van der Waals surface area contributed by atoms with Gasteiger partial charge in [-0.25, -0.2) is 5.43 Å². The highest BCUT2D eigenvalue weighted by molar-refractivity contribution is 6.17. The first kappa shape index (κ1) is 7.58. The van der Waals surface area contributed by atoms with Crippen molar-refractivity contribution in [3.63, 3.8) is 0 Å². The Hall–Kier alpha value is -1.81. The molecule has 4 N–H and O–H groups in total. The smallest absolute Gasteiger partial charge is 0.0969 e. The van der Waals surface area contributed by atoms with Gasteiger partial charge in [0.2, 0.25) is 0 Å². The molecule has 1 unspecified atom stereocenters. The van der Waals surface area contributed by atoms with Crippen molar-refractivity contribution in [3.05, 3.63) is 47.2 Å². The van der Waals surface area contributed by atoms with Gasteiger partial charge in [-0.05, 0) is 5.56 Å². The average molecular weight is 186 g/mol. The van der Waals surface area contributed by atoms with E-state index in [0.29, 0.717) is 0 Å². The van der Waals surface area contributed by atoms with Crippen molar-refractivity contribution < 1.29 is 0 Å². The Kier molecular flexibility index (Phi) is 1.40. The number of fused-ring (bicyclic) bond motifs is 3. The minimum absolute atomic E-state index is 0.202. The molecule has 4 nitrogen and oxygen atoms in total. The van der Waals surface area contributed by atoms with Crippen LogP contribution in [0.15, 0.2) is 41.1 Å². The van der Waals surface area contributed by atoms with Crippen molar-refractivity contribution >= 4 is 5.71 Å². The van der Waals surface area contributed by atoms with Gasteiger partial charge in [0.15, 0.2) is 0 Å². The van der Waals surface area contributed by atoms with Crippen LogP contribution < -0.4 is 16.7 Å². The van der Waals surface area contributed by atoms with Gasteiger partial charge in [-0.1, -0.05) is 24.3 Å². The maximum atomic E-state index is 5.40. The van der Waals surface area contributed by atoms with Gasteiger partial charge in [-0.2, -0.15) is 5.10 Å². The Morgan fingerprint density at radius 2 is 2.14 bits per heavy atom. The number of benzene rings is 1. The van der Waals surface area contributed by atoms with Gasteiger partial charge < -0.3 is 11.3 Å². The topological polar surface area (TPSA) is 62.4 Å². The lowest BCUT2D eigenvalue weighted by Crippen LogP contribution is -2.24. The molecule has 1 aromatic rings. The van der Waals surface area contributed by atoms with E-state index in [9.17, 15) is 0 Å². The highest BCUT2D eigenvalue weighted by Crippen LogP contribution is 2.36. The molecule has 0 saturated carbocycles. The zero-order valence-corrected chi connectivity index (χ0v) is 7.49. The van der Waals surface area contributed by atoms with Crippen LogP contribution in [-0.4, -0.2) is 5.71 Å². The minimum Gasteiger partial charge on any atom is -0.327 e. The Labute approximate surface area is 81.5 Å². The molecular formula is C10H10N4. The van der Waals surface area contributed by atoms with Crippen molar-refractivity contribution in [2.24, 2.45) is 10.9 Å². The van der Waals surface area contributed by atoms with E-state index in [4.69, 9.17) is 5.84 Å². The Balaban J connectivity index is 2.27. The van der Waals surface area contributed by atoms with Gasteiger partial charge in [-0.3, -0.25) is 0 Å². The van der Waals surface area contributed by atoms with Crippen LogP contribution in [0.5, 0.6) is 0 Å². The standard InChI is InChI=1S/C10H10N4/c11-13-9-6-3-1-2-4-7(6)10-8(9)5-12-14-10/h1-5,10,12,14H,11H2. The maximum Gasteiger partial charge on any atom is 0.0969 e.